The molecule has 0 bridgehead atoms. The predicted molar refractivity (Wildman–Crippen MR) is 53.3 cm³/mol. The lowest BCUT2D eigenvalue weighted by atomic mass is 9.94. The summed E-state index contributed by atoms with van der Waals surface area (Å²) in [5.74, 6) is 1.63. The fourth-order valence-corrected chi connectivity index (χ4v) is 1.76. The van der Waals surface area contributed by atoms with Crippen LogP contribution in [0.25, 0.3) is 0 Å². The van der Waals surface area contributed by atoms with E-state index >= 15 is 0 Å². The van der Waals surface area contributed by atoms with Gasteiger partial charge in [-0.1, -0.05) is 13.8 Å². The molecule has 0 aromatic carbocycles. The highest BCUT2D eigenvalue weighted by Gasteiger charge is 2.16. The first-order valence-corrected chi connectivity index (χ1v) is 5.09. The first-order chi connectivity index (χ1) is 5.70. The zero-order valence-corrected chi connectivity index (χ0v) is 8.64. The molecule has 1 fully saturated rings. The van der Waals surface area contributed by atoms with Crippen LogP contribution in [0.3, 0.4) is 0 Å². The van der Waals surface area contributed by atoms with Crippen molar-refractivity contribution in [3.63, 3.8) is 0 Å². The van der Waals surface area contributed by atoms with Crippen LogP contribution >= 0.6 is 0 Å². The van der Waals surface area contributed by atoms with Gasteiger partial charge < -0.3 is 10.2 Å². The SMILES string of the molecule is CC(C)C1CNCCCN(C)C1. The molecule has 2 nitrogen and oxygen atoms in total. The fourth-order valence-electron chi connectivity index (χ4n) is 1.76. The third-order valence-corrected chi connectivity index (χ3v) is 2.79. The molecule has 1 heterocycles. The first-order valence-electron chi connectivity index (χ1n) is 5.09. The zero-order chi connectivity index (χ0) is 8.97. The molecule has 1 rings (SSSR count). The van der Waals surface area contributed by atoms with Gasteiger partial charge in [0.05, 0.1) is 0 Å². The normalized spacial score (nSPS) is 28.5. The summed E-state index contributed by atoms with van der Waals surface area (Å²) < 4.78 is 0. The molecule has 1 aliphatic heterocycles. The summed E-state index contributed by atoms with van der Waals surface area (Å²) in [5, 5.41) is 3.51. The summed E-state index contributed by atoms with van der Waals surface area (Å²) in [7, 11) is 2.24. The van der Waals surface area contributed by atoms with Crippen LogP contribution in [0.5, 0.6) is 0 Å². The minimum Gasteiger partial charge on any atom is -0.316 e. The van der Waals surface area contributed by atoms with Gasteiger partial charge in [-0.2, -0.15) is 0 Å². The molecule has 0 aromatic rings. The second-order valence-electron chi connectivity index (χ2n) is 4.32. The van der Waals surface area contributed by atoms with E-state index in [4.69, 9.17) is 0 Å². The molecule has 0 amide bonds. The van der Waals surface area contributed by atoms with Crippen molar-refractivity contribution in [1.82, 2.24) is 10.2 Å². The quantitative estimate of drug-likeness (QED) is 0.636. The molecule has 1 saturated heterocycles. The van der Waals surface area contributed by atoms with E-state index in [-0.39, 0.29) is 0 Å². The molecule has 12 heavy (non-hydrogen) atoms. The highest BCUT2D eigenvalue weighted by Crippen LogP contribution is 2.12. The molecule has 0 spiro atoms. The third kappa shape index (κ3) is 3.11. The van der Waals surface area contributed by atoms with Gasteiger partial charge in [-0.3, -0.25) is 0 Å². The van der Waals surface area contributed by atoms with Gasteiger partial charge in [0.15, 0.2) is 0 Å². The lowest BCUT2D eigenvalue weighted by Crippen LogP contribution is -2.39. The topological polar surface area (TPSA) is 15.3 Å². The number of hydrogen-bond acceptors (Lipinski definition) is 2. The maximum absolute atomic E-state index is 3.51. The van der Waals surface area contributed by atoms with Gasteiger partial charge in [0, 0.05) is 6.54 Å². The molecule has 72 valence electrons. The second-order valence-corrected chi connectivity index (χ2v) is 4.32. The van der Waals surface area contributed by atoms with Gasteiger partial charge in [-0.05, 0) is 44.9 Å². The highest BCUT2D eigenvalue weighted by molar-refractivity contribution is 4.72. The molecule has 0 saturated carbocycles. The maximum atomic E-state index is 3.51. The molecular formula is C10H22N2. The molecule has 1 aliphatic rings. The lowest BCUT2D eigenvalue weighted by Gasteiger charge is -2.29. The number of rotatable bonds is 1. The van der Waals surface area contributed by atoms with Crippen molar-refractivity contribution in [2.45, 2.75) is 20.3 Å². The van der Waals surface area contributed by atoms with Crippen molar-refractivity contribution in [1.29, 1.82) is 0 Å². The van der Waals surface area contributed by atoms with Gasteiger partial charge in [-0.25, -0.2) is 0 Å². The highest BCUT2D eigenvalue weighted by atomic mass is 15.1. The summed E-state index contributed by atoms with van der Waals surface area (Å²) in [4.78, 5) is 2.46. The molecule has 1 N–H and O–H groups in total. The first kappa shape index (κ1) is 10.0. The van der Waals surface area contributed by atoms with Crippen molar-refractivity contribution in [2.75, 3.05) is 33.2 Å². The van der Waals surface area contributed by atoms with Crippen LogP contribution in [0.2, 0.25) is 0 Å². The minimum atomic E-state index is 0.804. The summed E-state index contributed by atoms with van der Waals surface area (Å²) >= 11 is 0. The van der Waals surface area contributed by atoms with Gasteiger partial charge in [-0.15, -0.1) is 0 Å². The van der Waals surface area contributed by atoms with Crippen LogP contribution in [-0.2, 0) is 0 Å². The molecule has 0 radical (unpaired) electrons. The minimum absolute atomic E-state index is 0.804. The predicted octanol–water partition coefficient (Wildman–Crippen LogP) is 1.18. The Balaban J connectivity index is 2.38. The Labute approximate surface area is 76.3 Å². The van der Waals surface area contributed by atoms with Crippen molar-refractivity contribution >= 4 is 0 Å². The van der Waals surface area contributed by atoms with Crippen LogP contribution in [0, 0.1) is 11.8 Å². The maximum Gasteiger partial charge on any atom is 0.00212 e. The Kier molecular flexibility index (Phi) is 4.02. The summed E-state index contributed by atoms with van der Waals surface area (Å²) in [6.07, 6.45) is 1.29. The third-order valence-electron chi connectivity index (χ3n) is 2.79. The zero-order valence-electron chi connectivity index (χ0n) is 8.64. The van der Waals surface area contributed by atoms with Crippen molar-refractivity contribution in [3.05, 3.63) is 0 Å². The van der Waals surface area contributed by atoms with E-state index in [0.29, 0.717) is 0 Å². The Hall–Kier alpha value is -0.0800. The van der Waals surface area contributed by atoms with Crippen molar-refractivity contribution in [2.24, 2.45) is 11.8 Å². The molecule has 1 atom stereocenters. The van der Waals surface area contributed by atoms with Crippen LogP contribution in [0.4, 0.5) is 0 Å². The van der Waals surface area contributed by atoms with E-state index in [9.17, 15) is 0 Å². The van der Waals surface area contributed by atoms with E-state index < -0.39 is 0 Å². The average molecular weight is 170 g/mol. The van der Waals surface area contributed by atoms with E-state index in [1.165, 1.54) is 32.6 Å². The van der Waals surface area contributed by atoms with Gasteiger partial charge in [0.25, 0.3) is 0 Å². The molecule has 2 heteroatoms. The van der Waals surface area contributed by atoms with Crippen LogP contribution < -0.4 is 5.32 Å². The summed E-state index contributed by atoms with van der Waals surface area (Å²) in [6.45, 7) is 9.53. The number of hydrogen-bond donors (Lipinski definition) is 1. The van der Waals surface area contributed by atoms with Crippen molar-refractivity contribution in [3.8, 4) is 0 Å². The fraction of sp³-hybridized carbons (Fsp3) is 1.00. The van der Waals surface area contributed by atoms with Crippen molar-refractivity contribution < 1.29 is 0 Å². The number of nitrogens with one attached hydrogen (secondary N) is 1. The molecule has 0 aliphatic carbocycles. The van der Waals surface area contributed by atoms with E-state index in [1.807, 2.05) is 0 Å². The monoisotopic (exact) mass is 170 g/mol. The molecule has 1 unspecified atom stereocenters. The van der Waals surface area contributed by atoms with Crippen LogP contribution in [-0.4, -0.2) is 38.1 Å². The molecular weight excluding hydrogens is 148 g/mol. The Morgan fingerprint density at radius 1 is 1.42 bits per heavy atom. The van der Waals surface area contributed by atoms with E-state index in [0.717, 1.165) is 11.8 Å². The largest absolute Gasteiger partial charge is 0.316 e. The molecule has 0 aromatic heterocycles. The summed E-state index contributed by atoms with van der Waals surface area (Å²) in [6, 6.07) is 0. The lowest BCUT2D eigenvalue weighted by molar-refractivity contribution is 0.211. The summed E-state index contributed by atoms with van der Waals surface area (Å²) in [5.41, 5.74) is 0. The smallest absolute Gasteiger partial charge is 0.00212 e. The van der Waals surface area contributed by atoms with Crippen LogP contribution in [0.15, 0.2) is 0 Å². The Bertz CT molecular complexity index is 123. The average Bonchev–Trinajstić information content (AvgIpc) is 1.95. The Morgan fingerprint density at radius 2 is 2.17 bits per heavy atom. The standard InChI is InChI=1S/C10H22N2/c1-9(2)10-7-11-5-4-6-12(3)8-10/h9-11H,4-8H2,1-3H3. The van der Waals surface area contributed by atoms with Gasteiger partial charge in [0.2, 0.25) is 0 Å². The Morgan fingerprint density at radius 3 is 2.83 bits per heavy atom. The van der Waals surface area contributed by atoms with Crippen LogP contribution in [0.1, 0.15) is 20.3 Å². The number of nitrogens with zero attached hydrogens (tertiary/aromatic N) is 1. The van der Waals surface area contributed by atoms with E-state index in [1.54, 1.807) is 0 Å². The second kappa shape index (κ2) is 4.83. The van der Waals surface area contributed by atoms with Gasteiger partial charge in [0.1, 0.15) is 0 Å². The van der Waals surface area contributed by atoms with E-state index in [2.05, 4.69) is 31.1 Å². The van der Waals surface area contributed by atoms with Gasteiger partial charge >= 0.3 is 0 Å².